The highest BCUT2D eigenvalue weighted by Gasteiger charge is 2.07. The molecule has 0 aliphatic carbocycles. The van der Waals surface area contributed by atoms with Crippen molar-refractivity contribution in [3.8, 4) is 0 Å². The molecule has 0 saturated heterocycles. The van der Waals surface area contributed by atoms with Crippen LogP contribution in [0.1, 0.15) is 58.3 Å². The number of hydrogen-bond acceptors (Lipinski definition) is 2. The van der Waals surface area contributed by atoms with E-state index in [4.69, 9.17) is 5.11 Å². The summed E-state index contributed by atoms with van der Waals surface area (Å²) in [6.07, 6.45) is 8.67. The minimum absolute atomic E-state index is 0.250. The van der Waals surface area contributed by atoms with Crippen LogP contribution in [0.4, 0.5) is 5.69 Å². The molecule has 0 bridgehead atoms. The summed E-state index contributed by atoms with van der Waals surface area (Å²) in [5.41, 5.74) is 1.21. The van der Waals surface area contributed by atoms with Crippen LogP contribution >= 0.6 is 0 Å². The number of aliphatic carboxylic acids is 1. The number of anilines is 1. The number of benzene rings is 1. The number of unbranched alkanes of at least 4 members (excludes halogenated alkanes) is 5. The molecule has 0 saturated carbocycles. The van der Waals surface area contributed by atoms with Gasteiger partial charge in [-0.15, -0.1) is 0 Å². The Morgan fingerprint density at radius 1 is 0.952 bits per heavy atom. The summed E-state index contributed by atoms with van der Waals surface area (Å²) in [6.45, 7) is 4.08. The Morgan fingerprint density at radius 2 is 1.57 bits per heavy atom. The van der Waals surface area contributed by atoms with E-state index in [1.165, 1.54) is 44.2 Å². The molecule has 0 spiro atoms. The number of carboxylic acids is 1. The number of nitrogens with zero attached hydrogens (tertiary/aromatic N) is 1. The Bertz CT molecular complexity index is 378. The van der Waals surface area contributed by atoms with Crippen LogP contribution in [0.2, 0.25) is 0 Å². The van der Waals surface area contributed by atoms with Gasteiger partial charge in [0.05, 0.1) is 0 Å². The van der Waals surface area contributed by atoms with Gasteiger partial charge in [-0.1, -0.05) is 57.2 Å². The fraction of sp³-hybridized carbons (Fsp3) is 0.611. The quantitative estimate of drug-likeness (QED) is 0.567. The molecular weight excluding hydrogens is 262 g/mol. The van der Waals surface area contributed by atoms with Crippen LogP contribution in [0.3, 0.4) is 0 Å². The molecule has 0 fully saturated rings. The van der Waals surface area contributed by atoms with E-state index in [0.717, 1.165) is 13.1 Å². The molecular formula is C18H29NO2. The van der Waals surface area contributed by atoms with Gasteiger partial charge in [-0.25, -0.2) is 0 Å². The number of carboxylic acid groups (broad SMARTS) is 1. The average molecular weight is 291 g/mol. The molecule has 0 aliphatic rings. The van der Waals surface area contributed by atoms with Crippen molar-refractivity contribution in [2.75, 3.05) is 18.0 Å². The molecule has 21 heavy (non-hydrogen) atoms. The fourth-order valence-corrected chi connectivity index (χ4v) is 2.51. The van der Waals surface area contributed by atoms with Gasteiger partial charge in [0.2, 0.25) is 0 Å². The molecule has 1 aromatic rings. The number of carbonyl (C=O) groups is 1. The number of para-hydroxylation sites is 1. The number of rotatable bonds is 12. The average Bonchev–Trinajstić information content (AvgIpc) is 2.49. The zero-order valence-electron chi connectivity index (χ0n) is 13.3. The Hall–Kier alpha value is -1.51. The molecule has 1 N–H and O–H groups in total. The van der Waals surface area contributed by atoms with E-state index in [0.29, 0.717) is 6.42 Å². The maximum Gasteiger partial charge on any atom is 0.303 e. The summed E-state index contributed by atoms with van der Waals surface area (Å²) < 4.78 is 0. The van der Waals surface area contributed by atoms with Gasteiger partial charge in [0.25, 0.3) is 0 Å². The van der Waals surface area contributed by atoms with Gasteiger partial charge < -0.3 is 10.0 Å². The molecule has 1 rings (SSSR count). The van der Waals surface area contributed by atoms with Crippen molar-refractivity contribution >= 4 is 11.7 Å². The van der Waals surface area contributed by atoms with Crippen LogP contribution in [0.25, 0.3) is 0 Å². The van der Waals surface area contributed by atoms with E-state index in [1.54, 1.807) is 0 Å². The van der Waals surface area contributed by atoms with Gasteiger partial charge in [-0.2, -0.15) is 0 Å². The van der Waals surface area contributed by atoms with Crippen molar-refractivity contribution < 1.29 is 9.90 Å². The second-order valence-corrected chi connectivity index (χ2v) is 5.59. The predicted molar refractivity (Wildman–Crippen MR) is 88.9 cm³/mol. The third-order valence-corrected chi connectivity index (χ3v) is 3.72. The highest BCUT2D eigenvalue weighted by atomic mass is 16.4. The van der Waals surface area contributed by atoms with Crippen molar-refractivity contribution in [3.63, 3.8) is 0 Å². The topological polar surface area (TPSA) is 40.5 Å². The first-order valence-electron chi connectivity index (χ1n) is 8.26. The zero-order valence-corrected chi connectivity index (χ0v) is 13.3. The molecule has 0 amide bonds. The van der Waals surface area contributed by atoms with Crippen molar-refractivity contribution in [1.29, 1.82) is 0 Å². The van der Waals surface area contributed by atoms with E-state index in [9.17, 15) is 4.79 Å². The standard InChI is InChI=1S/C18H29NO2/c1-2-3-4-5-6-10-15-19(16-11-14-18(20)21)17-12-8-7-9-13-17/h7-9,12-13H,2-6,10-11,14-16H2,1H3,(H,20,21). The highest BCUT2D eigenvalue weighted by molar-refractivity contribution is 5.66. The minimum atomic E-state index is -0.706. The van der Waals surface area contributed by atoms with Crippen LogP contribution in [0.5, 0.6) is 0 Å². The molecule has 3 nitrogen and oxygen atoms in total. The molecule has 3 heteroatoms. The Morgan fingerprint density at radius 3 is 2.24 bits per heavy atom. The van der Waals surface area contributed by atoms with Crippen molar-refractivity contribution in [3.05, 3.63) is 30.3 Å². The smallest absolute Gasteiger partial charge is 0.303 e. The van der Waals surface area contributed by atoms with Crippen LogP contribution in [-0.4, -0.2) is 24.2 Å². The van der Waals surface area contributed by atoms with Crippen LogP contribution < -0.4 is 4.90 Å². The molecule has 0 aromatic heterocycles. The molecule has 0 radical (unpaired) electrons. The summed E-state index contributed by atoms with van der Waals surface area (Å²) in [5.74, 6) is -0.706. The van der Waals surface area contributed by atoms with Crippen LogP contribution in [0.15, 0.2) is 30.3 Å². The van der Waals surface area contributed by atoms with Gasteiger partial charge in [0.15, 0.2) is 0 Å². The van der Waals surface area contributed by atoms with Gasteiger partial charge in [0, 0.05) is 25.2 Å². The summed E-state index contributed by atoms with van der Waals surface area (Å²) in [7, 11) is 0. The van der Waals surface area contributed by atoms with Gasteiger partial charge in [0.1, 0.15) is 0 Å². The van der Waals surface area contributed by atoms with E-state index in [1.807, 2.05) is 18.2 Å². The highest BCUT2D eigenvalue weighted by Crippen LogP contribution is 2.16. The molecule has 0 atom stereocenters. The maximum absolute atomic E-state index is 10.7. The summed E-state index contributed by atoms with van der Waals surface area (Å²) >= 11 is 0. The Labute approximate surface area is 129 Å². The second kappa shape index (κ2) is 11.2. The lowest BCUT2D eigenvalue weighted by Gasteiger charge is -2.24. The van der Waals surface area contributed by atoms with Gasteiger partial charge in [-0.05, 0) is 25.0 Å². The van der Waals surface area contributed by atoms with Crippen molar-refractivity contribution in [2.24, 2.45) is 0 Å². The third kappa shape index (κ3) is 8.38. The fourth-order valence-electron chi connectivity index (χ4n) is 2.51. The molecule has 0 unspecified atom stereocenters. The van der Waals surface area contributed by atoms with E-state index < -0.39 is 5.97 Å². The largest absolute Gasteiger partial charge is 0.481 e. The first kappa shape index (κ1) is 17.5. The Kier molecular flexibility index (Phi) is 9.34. The molecule has 0 heterocycles. The molecule has 118 valence electrons. The third-order valence-electron chi connectivity index (χ3n) is 3.72. The predicted octanol–water partition coefficient (Wildman–Crippen LogP) is 4.72. The van der Waals surface area contributed by atoms with Crippen LogP contribution in [0, 0.1) is 0 Å². The molecule has 1 aromatic carbocycles. The summed E-state index contributed by atoms with van der Waals surface area (Å²) in [4.78, 5) is 13.0. The first-order valence-corrected chi connectivity index (χ1v) is 8.26. The van der Waals surface area contributed by atoms with Crippen molar-refractivity contribution in [2.45, 2.75) is 58.3 Å². The van der Waals surface area contributed by atoms with E-state index in [-0.39, 0.29) is 6.42 Å². The van der Waals surface area contributed by atoms with Crippen LogP contribution in [-0.2, 0) is 4.79 Å². The van der Waals surface area contributed by atoms with E-state index >= 15 is 0 Å². The monoisotopic (exact) mass is 291 g/mol. The second-order valence-electron chi connectivity index (χ2n) is 5.59. The minimum Gasteiger partial charge on any atom is -0.481 e. The first-order chi connectivity index (χ1) is 10.2. The zero-order chi connectivity index (χ0) is 15.3. The van der Waals surface area contributed by atoms with Gasteiger partial charge >= 0.3 is 5.97 Å². The maximum atomic E-state index is 10.7. The lowest BCUT2D eigenvalue weighted by Crippen LogP contribution is -2.26. The summed E-state index contributed by atoms with van der Waals surface area (Å²) in [5, 5.41) is 8.77. The van der Waals surface area contributed by atoms with E-state index in [2.05, 4.69) is 24.0 Å². The number of hydrogen-bond donors (Lipinski definition) is 1. The normalized spacial score (nSPS) is 10.5. The Balaban J connectivity index is 2.35. The lowest BCUT2D eigenvalue weighted by molar-refractivity contribution is -0.137. The SMILES string of the molecule is CCCCCCCCN(CCCC(=O)O)c1ccccc1. The van der Waals surface area contributed by atoms with Crippen molar-refractivity contribution in [1.82, 2.24) is 0 Å². The molecule has 0 aliphatic heterocycles. The van der Waals surface area contributed by atoms with Gasteiger partial charge in [-0.3, -0.25) is 4.79 Å². The summed E-state index contributed by atoms with van der Waals surface area (Å²) in [6, 6.07) is 10.3. The lowest BCUT2D eigenvalue weighted by atomic mass is 10.1.